The summed E-state index contributed by atoms with van der Waals surface area (Å²) in [5.41, 5.74) is 19.1. The summed E-state index contributed by atoms with van der Waals surface area (Å²) in [6.07, 6.45) is 0. The largest absolute Gasteiger partial charge is 0.382 e. The Labute approximate surface area is 170 Å². The van der Waals surface area contributed by atoms with Crippen molar-refractivity contribution in [3.63, 3.8) is 0 Å². The number of carbonyl (C=O) groups is 1. The van der Waals surface area contributed by atoms with Crippen LogP contribution >= 0.6 is 0 Å². The predicted octanol–water partition coefficient (Wildman–Crippen LogP) is 3.77. The second-order valence-corrected chi connectivity index (χ2v) is 6.67. The van der Waals surface area contributed by atoms with Crippen LogP contribution in [0.3, 0.4) is 0 Å². The highest BCUT2D eigenvalue weighted by atomic mass is 19.1. The summed E-state index contributed by atoms with van der Waals surface area (Å²) in [4.78, 5) is 12.9. The maximum Gasteiger partial charge on any atom is 0.324 e. The molecule has 0 fully saturated rings. The summed E-state index contributed by atoms with van der Waals surface area (Å²) < 4.78 is 29.5. The Hall–Kier alpha value is -3.98. The van der Waals surface area contributed by atoms with E-state index in [4.69, 9.17) is 17.2 Å². The van der Waals surface area contributed by atoms with Crippen LogP contribution in [0.25, 0.3) is 22.0 Å². The second kappa shape index (κ2) is 7.45. The van der Waals surface area contributed by atoms with Crippen molar-refractivity contribution in [2.75, 3.05) is 10.6 Å². The molecular formula is C21H18F2N6O. The smallest absolute Gasteiger partial charge is 0.324 e. The van der Waals surface area contributed by atoms with Crippen molar-refractivity contribution in [3.05, 3.63) is 71.8 Å². The van der Waals surface area contributed by atoms with E-state index < -0.39 is 17.7 Å². The fraction of sp³-hybridized carbons (Fsp3) is 0.0476. The molecule has 152 valence electrons. The lowest BCUT2D eigenvalue weighted by molar-refractivity contribution is 0.255. The summed E-state index contributed by atoms with van der Waals surface area (Å²) >= 11 is 0. The number of anilines is 3. The number of primary amides is 1. The van der Waals surface area contributed by atoms with Crippen molar-refractivity contribution in [1.82, 2.24) is 10.2 Å². The molecule has 1 heterocycles. The van der Waals surface area contributed by atoms with Gasteiger partial charge in [0.1, 0.15) is 11.6 Å². The van der Waals surface area contributed by atoms with Crippen LogP contribution in [0.1, 0.15) is 5.56 Å². The average molecular weight is 408 g/mol. The fourth-order valence-electron chi connectivity index (χ4n) is 3.42. The minimum atomic E-state index is -1.03. The third kappa shape index (κ3) is 3.20. The zero-order valence-corrected chi connectivity index (χ0v) is 15.7. The second-order valence-electron chi connectivity index (χ2n) is 6.67. The quantitative estimate of drug-likeness (QED) is 0.410. The number of aromatic amines is 1. The maximum atomic E-state index is 15.1. The van der Waals surface area contributed by atoms with Crippen molar-refractivity contribution in [1.29, 1.82) is 0 Å². The molecule has 7 N–H and O–H groups in total. The highest BCUT2D eigenvalue weighted by Crippen LogP contribution is 2.36. The van der Waals surface area contributed by atoms with Crippen molar-refractivity contribution in [3.8, 4) is 11.1 Å². The number of nitrogen functional groups attached to an aromatic ring is 1. The molecule has 1 aromatic heterocycles. The Kier molecular flexibility index (Phi) is 4.80. The third-order valence-corrected chi connectivity index (χ3v) is 4.82. The first kappa shape index (κ1) is 19.3. The van der Waals surface area contributed by atoms with E-state index in [0.717, 1.165) is 11.0 Å². The Morgan fingerprint density at radius 1 is 1.03 bits per heavy atom. The number of nitrogens with one attached hydrogen (secondary N) is 1. The fourth-order valence-corrected chi connectivity index (χ4v) is 3.42. The van der Waals surface area contributed by atoms with E-state index in [2.05, 4.69) is 10.2 Å². The van der Waals surface area contributed by atoms with E-state index in [0.29, 0.717) is 27.6 Å². The van der Waals surface area contributed by atoms with Gasteiger partial charge in [-0.25, -0.2) is 13.6 Å². The summed E-state index contributed by atoms with van der Waals surface area (Å²) in [7, 11) is 0. The number of hydrogen-bond acceptors (Lipinski definition) is 4. The lowest BCUT2D eigenvalue weighted by Gasteiger charge is -2.23. The number of halogens is 2. The summed E-state index contributed by atoms with van der Waals surface area (Å²) in [6, 6.07) is 12.5. The maximum absolute atomic E-state index is 15.1. The van der Waals surface area contributed by atoms with E-state index in [1.807, 2.05) is 0 Å². The van der Waals surface area contributed by atoms with Crippen LogP contribution in [0.5, 0.6) is 0 Å². The van der Waals surface area contributed by atoms with Gasteiger partial charge < -0.3 is 17.2 Å². The molecule has 2 amide bonds. The van der Waals surface area contributed by atoms with Crippen molar-refractivity contribution in [2.45, 2.75) is 6.54 Å². The molecular weight excluding hydrogens is 390 g/mol. The Morgan fingerprint density at radius 3 is 2.53 bits per heavy atom. The molecule has 0 saturated carbocycles. The van der Waals surface area contributed by atoms with Gasteiger partial charge in [0.05, 0.1) is 22.3 Å². The number of H-pyrrole nitrogens is 1. The van der Waals surface area contributed by atoms with Gasteiger partial charge in [0.25, 0.3) is 0 Å². The molecule has 0 aliphatic rings. The molecule has 30 heavy (non-hydrogen) atoms. The van der Waals surface area contributed by atoms with Crippen molar-refractivity contribution in [2.24, 2.45) is 11.5 Å². The number of amides is 2. The number of benzene rings is 3. The number of urea groups is 1. The number of rotatable bonds is 4. The Bertz CT molecular complexity index is 1270. The standard InChI is InChI=1S/C21H18F2N6O/c22-14-6-4-11(10-24)8-18(14)29(21(26)30)17-7-5-12(9-15(17)23)13-2-1-3-16-19(13)20(25)28-27-16/h1-9H,10,24H2,(H2,26,30)(H3,25,27,28). The SMILES string of the molecule is NCc1ccc(F)c(N(C(N)=O)c2ccc(-c3cccc4[nH]nc(N)c34)cc2F)c1. The summed E-state index contributed by atoms with van der Waals surface area (Å²) in [5.74, 6) is -1.21. The van der Waals surface area contributed by atoms with Crippen LogP contribution < -0.4 is 22.1 Å². The molecule has 4 rings (SSSR count). The minimum Gasteiger partial charge on any atom is -0.382 e. The number of fused-ring (bicyclic) bond motifs is 1. The van der Waals surface area contributed by atoms with Crippen LogP contribution in [0.2, 0.25) is 0 Å². The lowest BCUT2D eigenvalue weighted by Crippen LogP contribution is -2.33. The van der Waals surface area contributed by atoms with Crippen molar-refractivity contribution >= 4 is 34.1 Å². The van der Waals surface area contributed by atoms with Gasteiger partial charge in [-0.2, -0.15) is 5.10 Å². The first-order valence-corrected chi connectivity index (χ1v) is 9.01. The van der Waals surface area contributed by atoms with Gasteiger partial charge in [-0.3, -0.25) is 10.00 Å². The summed E-state index contributed by atoms with van der Waals surface area (Å²) in [5, 5.41) is 7.43. The highest BCUT2D eigenvalue weighted by Gasteiger charge is 2.23. The molecule has 7 nitrogen and oxygen atoms in total. The van der Waals surface area contributed by atoms with E-state index >= 15 is 4.39 Å². The van der Waals surface area contributed by atoms with Crippen LogP contribution in [0, 0.1) is 11.6 Å². The molecule has 3 aromatic carbocycles. The van der Waals surface area contributed by atoms with Crippen molar-refractivity contribution < 1.29 is 13.6 Å². The molecule has 0 aliphatic heterocycles. The van der Waals surface area contributed by atoms with E-state index in [-0.39, 0.29) is 23.7 Å². The number of nitrogens with zero attached hydrogens (tertiary/aromatic N) is 2. The highest BCUT2D eigenvalue weighted by molar-refractivity contribution is 6.02. The molecule has 4 aromatic rings. The van der Waals surface area contributed by atoms with Crippen LogP contribution in [0.15, 0.2) is 54.6 Å². The van der Waals surface area contributed by atoms with Gasteiger partial charge in [-0.15, -0.1) is 0 Å². The Balaban J connectivity index is 1.84. The number of nitrogens with two attached hydrogens (primary N) is 3. The van der Waals surface area contributed by atoms with Gasteiger partial charge in [-0.1, -0.05) is 24.3 Å². The predicted molar refractivity (Wildman–Crippen MR) is 112 cm³/mol. The molecule has 0 spiro atoms. The molecule has 0 aliphatic carbocycles. The lowest BCUT2D eigenvalue weighted by atomic mass is 10.0. The molecule has 0 saturated heterocycles. The molecule has 0 bridgehead atoms. The molecule has 9 heteroatoms. The Morgan fingerprint density at radius 2 is 1.83 bits per heavy atom. The van der Waals surface area contributed by atoms with Gasteiger partial charge in [0.15, 0.2) is 5.82 Å². The molecule has 0 unspecified atom stereocenters. The number of aromatic nitrogens is 2. The van der Waals surface area contributed by atoms with Crippen LogP contribution in [-0.2, 0) is 6.54 Å². The minimum absolute atomic E-state index is 0.122. The van der Waals surface area contributed by atoms with E-state index in [9.17, 15) is 9.18 Å². The topological polar surface area (TPSA) is 127 Å². The van der Waals surface area contributed by atoms with E-state index in [1.54, 1.807) is 24.3 Å². The number of hydrogen-bond donors (Lipinski definition) is 4. The monoisotopic (exact) mass is 408 g/mol. The zero-order chi connectivity index (χ0) is 21.4. The number of carbonyl (C=O) groups excluding carboxylic acids is 1. The van der Waals surface area contributed by atoms with Crippen LogP contribution in [0.4, 0.5) is 30.8 Å². The normalized spacial score (nSPS) is 11.0. The van der Waals surface area contributed by atoms with Gasteiger partial charge in [-0.05, 0) is 47.0 Å². The zero-order valence-electron chi connectivity index (χ0n) is 15.7. The molecule has 0 radical (unpaired) electrons. The molecule has 0 atom stereocenters. The summed E-state index contributed by atoms with van der Waals surface area (Å²) in [6.45, 7) is 0.122. The first-order valence-electron chi connectivity index (χ1n) is 9.01. The van der Waals surface area contributed by atoms with Crippen LogP contribution in [-0.4, -0.2) is 16.2 Å². The van der Waals surface area contributed by atoms with Gasteiger partial charge in [0, 0.05) is 6.54 Å². The van der Waals surface area contributed by atoms with E-state index in [1.165, 1.54) is 24.3 Å². The average Bonchev–Trinajstić information content (AvgIpc) is 3.11. The van der Waals surface area contributed by atoms with Gasteiger partial charge in [0.2, 0.25) is 0 Å². The third-order valence-electron chi connectivity index (χ3n) is 4.82. The first-order chi connectivity index (χ1) is 14.4. The van der Waals surface area contributed by atoms with Gasteiger partial charge >= 0.3 is 6.03 Å².